The van der Waals surface area contributed by atoms with Gasteiger partial charge in [0.1, 0.15) is 18.1 Å². The molecule has 0 saturated carbocycles. The molecule has 0 saturated heterocycles. The number of hydrogen-bond donors (Lipinski definition) is 5. The molecule has 0 bridgehead atoms. The van der Waals surface area contributed by atoms with Crippen LogP contribution in [0.1, 0.15) is 47.5 Å². The molecule has 4 atom stereocenters. The number of aliphatic hydroxyl groups is 1. The fraction of sp³-hybridized carbons (Fsp3) is 0.812. The van der Waals surface area contributed by atoms with E-state index in [4.69, 9.17) is 5.73 Å². The molecule has 0 fully saturated rings. The first-order valence-electron chi connectivity index (χ1n) is 8.22. The quantitative estimate of drug-likeness (QED) is 0.372. The van der Waals surface area contributed by atoms with Gasteiger partial charge in [-0.1, -0.05) is 27.7 Å². The molecule has 0 aromatic heterocycles. The fourth-order valence-electron chi connectivity index (χ4n) is 2.16. The largest absolute Gasteiger partial charge is 0.480 e. The highest BCUT2D eigenvalue weighted by Crippen LogP contribution is 2.09. The second-order valence-electron chi connectivity index (χ2n) is 6.99. The Labute approximate surface area is 143 Å². The van der Waals surface area contributed by atoms with Crippen LogP contribution in [-0.4, -0.2) is 52.2 Å². The van der Waals surface area contributed by atoms with E-state index in [1.54, 1.807) is 0 Å². The molecule has 8 nitrogen and oxygen atoms in total. The van der Waals surface area contributed by atoms with Gasteiger partial charge in [-0.3, -0.25) is 9.59 Å². The van der Waals surface area contributed by atoms with Crippen LogP contribution in [0.3, 0.4) is 0 Å². The molecule has 6 N–H and O–H groups in total. The number of carbonyl (C=O) groups excluding carboxylic acids is 2. The summed E-state index contributed by atoms with van der Waals surface area (Å²) in [7, 11) is 0. The van der Waals surface area contributed by atoms with Gasteiger partial charge in [-0.2, -0.15) is 0 Å². The van der Waals surface area contributed by atoms with Crippen molar-refractivity contribution in [2.75, 3.05) is 0 Å². The highest BCUT2D eigenvalue weighted by atomic mass is 16.4. The van der Waals surface area contributed by atoms with Gasteiger partial charge in [0.25, 0.3) is 0 Å². The average molecular weight is 345 g/mol. The summed E-state index contributed by atoms with van der Waals surface area (Å²) in [6, 6.07) is -3.08. The maximum absolute atomic E-state index is 12.4. The van der Waals surface area contributed by atoms with Crippen LogP contribution in [-0.2, 0) is 14.4 Å². The third-order valence-electron chi connectivity index (χ3n) is 3.48. The summed E-state index contributed by atoms with van der Waals surface area (Å²) in [5.74, 6) is -2.15. The van der Waals surface area contributed by atoms with Gasteiger partial charge >= 0.3 is 5.97 Å². The number of hydrogen-bond acceptors (Lipinski definition) is 5. The number of carbonyl (C=O) groups is 3. The molecule has 0 heterocycles. The van der Waals surface area contributed by atoms with Gasteiger partial charge in [0, 0.05) is 0 Å². The van der Waals surface area contributed by atoms with Crippen molar-refractivity contribution >= 4 is 17.8 Å². The van der Waals surface area contributed by atoms with Crippen LogP contribution in [0.15, 0.2) is 0 Å². The first-order chi connectivity index (χ1) is 11.0. The minimum absolute atomic E-state index is 0.0909. The molecule has 0 aromatic carbocycles. The SMILES string of the molecule is CC(C)C[C@H](NC(=O)[C@H](CC(C)C)NC(=O)[C@@H](N)[C@@H](C)O)C(=O)O. The standard InChI is InChI=1S/C16H31N3O5/c1-8(2)6-11(18-15(22)13(17)10(5)20)14(21)19-12(16(23)24)7-9(3)4/h8-13,20H,6-7,17H2,1-5H3,(H,18,22)(H,19,21)(H,23,24)/t10-,11+,12+,13+/m1/s1. The van der Waals surface area contributed by atoms with Gasteiger partial charge in [-0.15, -0.1) is 0 Å². The van der Waals surface area contributed by atoms with Gasteiger partial charge in [-0.25, -0.2) is 4.79 Å². The third kappa shape index (κ3) is 8.26. The number of rotatable bonds is 10. The topological polar surface area (TPSA) is 142 Å². The number of amides is 2. The normalized spacial score (nSPS) is 16.4. The van der Waals surface area contributed by atoms with E-state index >= 15 is 0 Å². The van der Waals surface area contributed by atoms with Crippen LogP contribution < -0.4 is 16.4 Å². The average Bonchev–Trinajstić information content (AvgIpc) is 2.43. The van der Waals surface area contributed by atoms with E-state index in [1.165, 1.54) is 6.92 Å². The van der Waals surface area contributed by atoms with Crippen LogP contribution in [0.2, 0.25) is 0 Å². The fourth-order valence-corrected chi connectivity index (χ4v) is 2.16. The van der Waals surface area contributed by atoms with E-state index in [9.17, 15) is 24.6 Å². The Bertz CT molecular complexity index is 437. The van der Waals surface area contributed by atoms with E-state index in [2.05, 4.69) is 10.6 Å². The predicted molar refractivity (Wildman–Crippen MR) is 90.1 cm³/mol. The molecule has 140 valence electrons. The van der Waals surface area contributed by atoms with E-state index in [1.807, 2.05) is 27.7 Å². The zero-order valence-corrected chi connectivity index (χ0v) is 15.1. The van der Waals surface area contributed by atoms with E-state index < -0.39 is 42.0 Å². The number of aliphatic carboxylic acids is 1. The van der Waals surface area contributed by atoms with Gasteiger partial charge in [0.05, 0.1) is 6.10 Å². The highest BCUT2D eigenvalue weighted by molar-refractivity contribution is 5.91. The lowest BCUT2D eigenvalue weighted by molar-refractivity contribution is -0.142. The smallest absolute Gasteiger partial charge is 0.326 e. The lowest BCUT2D eigenvalue weighted by Gasteiger charge is -2.25. The van der Waals surface area contributed by atoms with Crippen molar-refractivity contribution in [2.45, 2.75) is 71.7 Å². The third-order valence-corrected chi connectivity index (χ3v) is 3.48. The molecule has 0 aliphatic heterocycles. The van der Waals surface area contributed by atoms with Gasteiger partial charge in [-0.05, 0) is 31.6 Å². The second kappa shape index (κ2) is 10.2. The zero-order chi connectivity index (χ0) is 19.0. The van der Waals surface area contributed by atoms with E-state index in [0.717, 1.165) is 0 Å². The number of nitrogens with one attached hydrogen (secondary N) is 2. The molecule has 0 unspecified atom stereocenters. The van der Waals surface area contributed by atoms with Gasteiger partial charge < -0.3 is 26.6 Å². The molecule has 0 aliphatic rings. The molecule has 0 rings (SSSR count). The molecule has 0 radical (unpaired) electrons. The van der Waals surface area contributed by atoms with Crippen molar-refractivity contribution in [2.24, 2.45) is 17.6 Å². The van der Waals surface area contributed by atoms with E-state index in [0.29, 0.717) is 6.42 Å². The summed E-state index contributed by atoms with van der Waals surface area (Å²) in [4.78, 5) is 35.7. The summed E-state index contributed by atoms with van der Waals surface area (Å²) < 4.78 is 0. The summed E-state index contributed by atoms with van der Waals surface area (Å²) in [6.45, 7) is 8.85. The van der Waals surface area contributed by atoms with Crippen molar-refractivity contribution in [3.63, 3.8) is 0 Å². The van der Waals surface area contributed by atoms with Crippen molar-refractivity contribution in [3.8, 4) is 0 Å². The molecule has 0 spiro atoms. The molecular formula is C16H31N3O5. The molecule has 8 heteroatoms. The summed E-state index contributed by atoms with van der Waals surface area (Å²) in [5, 5.41) is 23.6. The van der Waals surface area contributed by atoms with Crippen molar-refractivity contribution < 1.29 is 24.6 Å². The maximum atomic E-state index is 12.4. The maximum Gasteiger partial charge on any atom is 0.326 e. The number of nitrogens with two attached hydrogens (primary N) is 1. The van der Waals surface area contributed by atoms with E-state index in [-0.39, 0.29) is 18.3 Å². The molecule has 0 aliphatic carbocycles. The number of aliphatic hydroxyl groups excluding tert-OH is 1. The molecule has 0 aromatic rings. The lowest BCUT2D eigenvalue weighted by atomic mass is 10.00. The second-order valence-corrected chi connectivity index (χ2v) is 6.99. The first kappa shape index (κ1) is 22.3. The Kier molecular flexibility index (Phi) is 9.53. The number of carboxylic acid groups (broad SMARTS) is 1. The molecule has 2 amide bonds. The lowest BCUT2D eigenvalue weighted by Crippen LogP contribution is -2.56. The molecular weight excluding hydrogens is 314 g/mol. The number of carboxylic acids is 1. The Hall–Kier alpha value is -1.67. The highest BCUT2D eigenvalue weighted by Gasteiger charge is 2.29. The molecule has 24 heavy (non-hydrogen) atoms. The van der Waals surface area contributed by atoms with Gasteiger partial charge in [0.2, 0.25) is 11.8 Å². The predicted octanol–water partition coefficient (Wildman–Crippen LogP) is -0.159. The summed E-state index contributed by atoms with van der Waals surface area (Å²) in [5.41, 5.74) is 5.57. The summed E-state index contributed by atoms with van der Waals surface area (Å²) in [6.07, 6.45) is -0.435. The zero-order valence-electron chi connectivity index (χ0n) is 15.1. The van der Waals surface area contributed by atoms with Crippen molar-refractivity contribution in [1.82, 2.24) is 10.6 Å². The van der Waals surface area contributed by atoms with Crippen molar-refractivity contribution in [3.05, 3.63) is 0 Å². The minimum Gasteiger partial charge on any atom is -0.480 e. The van der Waals surface area contributed by atoms with Crippen LogP contribution in [0.4, 0.5) is 0 Å². The minimum atomic E-state index is -1.15. The van der Waals surface area contributed by atoms with Crippen LogP contribution in [0.5, 0.6) is 0 Å². The Morgan fingerprint density at radius 1 is 0.875 bits per heavy atom. The van der Waals surface area contributed by atoms with Crippen LogP contribution >= 0.6 is 0 Å². The van der Waals surface area contributed by atoms with Gasteiger partial charge in [0.15, 0.2) is 0 Å². The monoisotopic (exact) mass is 345 g/mol. The Morgan fingerprint density at radius 3 is 1.67 bits per heavy atom. The van der Waals surface area contributed by atoms with Crippen molar-refractivity contribution in [1.29, 1.82) is 0 Å². The Balaban J connectivity index is 5.05. The Morgan fingerprint density at radius 2 is 1.29 bits per heavy atom. The first-order valence-corrected chi connectivity index (χ1v) is 8.22. The van der Waals surface area contributed by atoms with Crippen LogP contribution in [0.25, 0.3) is 0 Å². The summed E-state index contributed by atoms with van der Waals surface area (Å²) >= 11 is 0. The van der Waals surface area contributed by atoms with Crippen LogP contribution in [0, 0.1) is 11.8 Å².